The normalized spacial score (nSPS) is 16.3. The van der Waals surface area contributed by atoms with Gasteiger partial charge >= 0.3 is 0 Å². The predicted molar refractivity (Wildman–Crippen MR) is 115 cm³/mol. The summed E-state index contributed by atoms with van der Waals surface area (Å²) >= 11 is 0. The summed E-state index contributed by atoms with van der Waals surface area (Å²) < 4.78 is 29.5. The Bertz CT molecular complexity index is 1240. The highest BCUT2D eigenvalue weighted by Gasteiger charge is 2.29. The standard InChI is InChI=1S/C22H23N5O2S/c28-30(29,21-3-8-23-9-4-21)27-11-5-17(6-12-27)16-26-10-7-19-13-18(1-2-22(19)26)20-14-24-25-15-20/h1-4,7-10,13-15,17H,5-6,11-12,16H2,(H,24,25). The highest BCUT2D eigenvalue weighted by Crippen LogP contribution is 2.28. The summed E-state index contributed by atoms with van der Waals surface area (Å²) in [5, 5.41) is 8.08. The number of fused-ring (bicyclic) bond motifs is 1. The van der Waals surface area contributed by atoms with Gasteiger partial charge < -0.3 is 4.57 Å². The van der Waals surface area contributed by atoms with Crippen molar-refractivity contribution in [3.63, 3.8) is 0 Å². The lowest BCUT2D eigenvalue weighted by atomic mass is 9.98. The first kappa shape index (κ1) is 19.0. The second-order valence-electron chi connectivity index (χ2n) is 7.76. The molecule has 0 spiro atoms. The van der Waals surface area contributed by atoms with Crippen molar-refractivity contribution in [2.75, 3.05) is 13.1 Å². The zero-order valence-electron chi connectivity index (χ0n) is 16.5. The third-order valence-electron chi connectivity index (χ3n) is 5.92. The van der Waals surface area contributed by atoms with Crippen LogP contribution < -0.4 is 0 Å². The molecule has 1 fully saturated rings. The number of nitrogens with one attached hydrogen (secondary N) is 1. The molecule has 3 aromatic heterocycles. The van der Waals surface area contributed by atoms with E-state index in [1.165, 1.54) is 23.3 Å². The zero-order chi connectivity index (χ0) is 20.6. The van der Waals surface area contributed by atoms with E-state index in [2.05, 4.69) is 50.2 Å². The van der Waals surface area contributed by atoms with E-state index < -0.39 is 10.0 Å². The number of rotatable bonds is 5. The molecule has 1 aliphatic rings. The molecule has 0 aliphatic carbocycles. The molecular formula is C22H23N5O2S. The smallest absolute Gasteiger partial charge is 0.243 e. The molecule has 4 heterocycles. The molecule has 0 atom stereocenters. The van der Waals surface area contributed by atoms with Crippen LogP contribution in [-0.2, 0) is 16.6 Å². The maximum Gasteiger partial charge on any atom is 0.243 e. The van der Waals surface area contributed by atoms with E-state index in [1.54, 1.807) is 16.4 Å². The molecule has 154 valence electrons. The molecule has 4 aromatic rings. The fraction of sp³-hybridized carbons (Fsp3) is 0.273. The minimum absolute atomic E-state index is 0.320. The van der Waals surface area contributed by atoms with Gasteiger partial charge in [-0.25, -0.2) is 8.42 Å². The van der Waals surface area contributed by atoms with Crippen molar-refractivity contribution in [3.8, 4) is 11.1 Å². The van der Waals surface area contributed by atoms with Crippen LogP contribution in [0.3, 0.4) is 0 Å². The van der Waals surface area contributed by atoms with E-state index in [4.69, 9.17) is 0 Å². The number of sulfonamides is 1. The van der Waals surface area contributed by atoms with Gasteiger partial charge in [-0.3, -0.25) is 10.1 Å². The van der Waals surface area contributed by atoms with Crippen molar-refractivity contribution in [1.82, 2.24) is 24.1 Å². The summed E-state index contributed by atoms with van der Waals surface area (Å²) in [5.41, 5.74) is 3.42. The van der Waals surface area contributed by atoms with Crippen LogP contribution >= 0.6 is 0 Å². The van der Waals surface area contributed by atoms with Crippen LogP contribution in [0.4, 0.5) is 0 Å². The van der Waals surface area contributed by atoms with Gasteiger partial charge in [-0.15, -0.1) is 0 Å². The maximum atomic E-state index is 12.8. The number of nitrogens with zero attached hydrogens (tertiary/aromatic N) is 4. The highest BCUT2D eigenvalue weighted by molar-refractivity contribution is 7.89. The van der Waals surface area contributed by atoms with Gasteiger partial charge in [0, 0.05) is 60.9 Å². The maximum absolute atomic E-state index is 12.8. The molecule has 0 amide bonds. The Kier molecular flexibility index (Phi) is 4.88. The molecule has 0 saturated carbocycles. The van der Waals surface area contributed by atoms with Crippen molar-refractivity contribution in [3.05, 3.63) is 67.4 Å². The third-order valence-corrected chi connectivity index (χ3v) is 7.83. The first-order chi connectivity index (χ1) is 14.6. The third kappa shape index (κ3) is 3.53. The van der Waals surface area contributed by atoms with Crippen LogP contribution in [-0.4, -0.2) is 45.6 Å². The number of aromatic amines is 1. The van der Waals surface area contributed by atoms with Gasteiger partial charge in [-0.05, 0) is 54.7 Å². The minimum atomic E-state index is -3.43. The van der Waals surface area contributed by atoms with Crippen LogP contribution in [0.2, 0.25) is 0 Å². The molecule has 7 nitrogen and oxygen atoms in total. The molecule has 0 bridgehead atoms. The lowest BCUT2D eigenvalue weighted by Crippen LogP contribution is -2.39. The first-order valence-electron chi connectivity index (χ1n) is 10.1. The summed E-state index contributed by atoms with van der Waals surface area (Å²) in [6.45, 7) is 2.01. The van der Waals surface area contributed by atoms with E-state index in [9.17, 15) is 8.42 Å². The first-order valence-corrected chi connectivity index (χ1v) is 11.5. The number of aromatic nitrogens is 4. The van der Waals surface area contributed by atoms with E-state index in [-0.39, 0.29) is 0 Å². The van der Waals surface area contributed by atoms with E-state index in [0.717, 1.165) is 30.5 Å². The summed E-state index contributed by atoms with van der Waals surface area (Å²) in [7, 11) is -3.43. The van der Waals surface area contributed by atoms with Crippen molar-refractivity contribution in [2.24, 2.45) is 5.92 Å². The average molecular weight is 422 g/mol. The largest absolute Gasteiger partial charge is 0.347 e. The van der Waals surface area contributed by atoms with E-state index in [1.807, 2.05) is 12.4 Å². The molecule has 5 rings (SSSR count). The Morgan fingerprint density at radius 2 is 1.83 bits per heavy atom. The Hall–Kier alpha value is -2.97. The van der Waals surface area contributed by atoms with Crippen molar-refractivity contribution in [1.29, 1.82) is 0 Å². The second kappa shape index (κ2) is 7.70. The van der Waals surface area contributed by atoms with Crippen LogP contribution in [0, 0.1) is 5.92 Å². The summed E-state index contributed by atoms with van der Waals surface area (Å²) in [6.07, 6.45) is 10.6. The van der Waals surface area contributed by atoms with Gasteiger partial charge in [0.25, 0.3) is 0 Å². The summed E-state index contributed by atoms with van der Waals surface area (Å²) in [6, 6.07) is 11.7. The van der Waals surface area contributed by atoms with Gasteiger partial charge in [0.05, 0.1) is 11.1 Å². The molecular weight excluding hydrogens is 398 g/mol. The molecule has 0 radical (unpaired) electrons. The number of hydrogen-bond donors (Lipinski definition) is 1. The number of hydrogen-bond acceptors (Lipinski definition) is 4. The Morgan fingerprint density at radius 3 is 2.57 bits per heavy atom. The van der Waals surface area contributed by atoms with Crippen molar-refractivity contribution >= 4 is 20.9 Å². The van der Waals surface area contributed by atoms with E-state index >= 15 is 0 Å². The Labute approximate surface area is 175 Å². The predicted octanol–water partition coefficient (Wildman–Crippen LogP) is 3.53. The summed E-state index contributed by atoms with van der Waals surface area (Å²) in [5.74, 6) is 0.457. The second-order valence-corrected chi connectivity index (χ2v) is 9.70. The fourth-order valence-electron chi connectivity index (χ4n) is 4.22. The van der Waals surface area contributed by atoms with Crippen LogP contribution in [0.1, 0.15) is 12.8 Å². The molecule has 1 saturated heterocycles. The van der Waals surface area contributed by atoms with Gasteiger partial charge in [0.1, 0.15) is 0 Å². The van der Waals surface area contributed by atoms with Crippen molar-refractivity contribution in [2.45, 2.75) is 24.3 Å². The Morgan fingerprint density at radius 1 is 1.03 bits per heavy atom. The molecule has 8 heteroatoms. The van der Waals surface area contributed by atoms with Gasteiger partial charge in [-0.1, -0.05) is 6.07 Å². The molecule has 1 aliphatic heterocycles. The topological polar surface area (TPSA) is 83.9 Å². The van der Waals surface area contributed by atoms with Crippen LogP contribution in [0.5, 0.6) is 0 Å². The number of pyridine rings is 1. The van der Waals surface area contributed by atoms with Crippen LogP contribution in [0.15, 0.2) is 72.3 Å². The minimum Gasteiger partial charge on any atom is -0.347 e. The number of benzene rings is 1. The van der Waals surface area contributed by atoms with Gasteiger partial charge in [0.15, 0.2) is 0 Å². The molecule has 30 heavy (non-hydrogen) atoms. The molecule has 0 unspecified atom stereocenters. The monoisotopic (exact) mass is 421 g/mol. The zero-order valence-corrected chi connectivity index (χ0v) is 17.3. The van der Waals surface area contributed by atoms with Crippen molar-refractivity contribution < 1.29 is 8.42 Å². The molecule has 1 aromatic carbocycles. The Balaban J connectivity index is 1.27. The number of piperidine rings is 1. The van der Waals surface area contributed by atoms with Gasteiger partial charge in [0.2, 0.25) is 10.0 Å². The quantitative estimate of drug-likeness (QED) is 0.534. The lowest BCUT2D eigenvalue weighted by Gasteiger charge is -2.31. The number of H-pyrrole nitrogens is 1. The van der Waals surface area contributed by atoms with E-state index in [0.29, 0.717) is 23.9 Å². The lowest BCUT2D eigenvalue weighted by molar-refractivity contribution is 0.254. The van der Waals surface area contributed by atoms with Crippen LogP contribution in [0.25, 0.3) is 22.0 Å². The fourth-order valence-corrected chi connectivity index (χ4v) is 5.67. The molecule has 1 N–H and O–H groups in total. The average Bonchev–Trinajstić information content (AvgIpc) is 3.45. The SMILES string of the molecule is O=S(=O)(c1ccncc1)N1CCC(Cn2ccc3cc(-c4cn[nH]c4)ccc32)CC1. The van der Waals surface area contributed by atoms with Gasteiger partial charge in [-0.2, -0.15) is 9.40 Å². The summed E-state index contributed by atoms with van der Waals surface area (Å²) in [4.78, 5) is 4.23. The highest BCUT2D eigenvalue weighted by atomic mass is 32.2.